The summed E-state index contributed by atoms with van der Waals surface area (Å²) in [5, 5.41) is 3.75. The lowest BCUT2D eigenvalue weighted by Crippen LogP contribution is -2.55. The zero-order valence-electron chi connectivity index (χ0n) is 12.9. The van der Waals surface area contributed by atoms with Crippen molar-refractivity contribution in [2.45, 2.75) is 83.8 Å². The summed E-state index contributed by atoms with van der Waals surface area (Å²) < 4.78 is 6.10. The molecule has 108 valence electrons. The topological polar surface area (TPSA) is 21.3 Å². The monoisotopic (exact) mass is 255 g/mol. The van der Waals surface area contributed by atoms with Gasteiger partial charge in [0.15, 0.2) is 0 Å². The second-order valence-corrected chi connectivity index (χ2v) is 5.80. The van der Waals surface area contributed by atoms with Crippen LogP contribution in [0, 0.1) is 5.92 Å². The van der Waals surface area contributed by atoms with Crippen molar-refractivity contribution in [1.29, 1.82) is 0 Å². The molecule has 0 amide bonds. The van der Waals surface area contributed by atoms with Crippen LogP contribution in [0.4, 0.5) is 0 Å². The molecule has 0 aromatic rings. The first-order valence-electron chi connectivity index (χ1n) is 8.02. The summed E-state index contributed by atoms with van der Waals surface area (Å²) in [6, 6.07) is 0.528. The van der Waals surface area contributed by atoms with E-state index in [1.807, 2.05) is 7.11 Å². The fraction of sp³-hybridized carbons (Fsp3) is 1.00. The Morgan fingerprint density at radius 2 is 1.56 bits per heavy atom. The Hall–Kier alpha value is -0.0800. The van der Waals surface area contributed by atoms with E-state index in [0.29, 0.717) is 6.04 Å². The summed E-state index contributed by atoms with van der Waals surface area (Å²) in [6.45, 7) is 7.90. The Bertz CT molecular complexity index is 205. The Morgan fingerprint density at radius 1 is 1.00 bits per heavy atom. The lowest BCUT2D eigenvalue weighted by atomic mass is 9.77. The maximum Gasteiger partial charge on any atom is 0.0833 e. The summed E-state index contributed by atoms with van der Waals surface area (Å²) in [5.74, 6) is 0.739. The third-order valence-electron chi connectivity index (χ3n) is 4.87. The molecule has 1 rings (SSSR count). The van der Waals surface area contributed by atoms with Crippen molar-refractivity contribution in [3.05, 3.63) is 0 Å². The van der Waals surface area contributed by atoms with Crippen molar-refractivity contribution in [3.63, 3.8) is 0 Å². The molecule has 1 unspecified atom stereocenters. The van der Waals surface area contributed by atoms with Crippen LogP contribution >= 0.6 is 0 Å². The van der Waals surface area contributed by atoms with Crippen LogP contribution in [0.2, 0.25) is 0 Å². The lowest BCUT2D eigenvalue weighted by Gasteiger charge is -2.43. The van der Waals surface area contributed by atoms with Gasteiger partial charge >= 0.3 is 0 Å². The lowest BCUT2D eigenvalue weighted by molar-refractivity contribution is -0.0686. The first kappa shape index (κ1) is 16.0. The van der Waals surface area contributed by atoms with Crippen LogP contribution in [0.1, 0.15) is 72.1 Å². The molecule has 0 aromatic carbocycles. The summed E-state index contributed by atoms with van der Waals surface area (Å²) in [4.78, 5) is 0. The zero-order chi connectivity index (χ0) is 13.4. The van der Waals surface area contributed by atoms with Crippen molar-refractivity contribution >= 4 is 0 Å². The molecule has 0 spiro atoms. The quantitative estimate of drug-likeness (QED) is 0.690. The van der Waals surface area contributed by atoms with Crippen LogP contribution in [-0.4, -0.2) is 25.3 Å². The second-order valence-electron chi connectivity index (χ2n) is 5.80. The molecule has 2 nitrogen and oxygen atoms in total. The molecule has 1 aliphatic carbocycles. The molecular formula is C16H33NO. The van der Waals surface area contributed by atoms with Crippen LogP contribution in [-0.2, 0) is 4.74 Å². The summed E-state index contributed by atoms with van der Waals surface area (Å²) in [7, 11) is 1.93. The highest BCUT2D eigenvalue weighted by molar-refractivity contribution is 4.97. The number of likely N-dealkylation sites (N-methyl/N-ethyl adjacent to an activating group) is 1. The minimum atomic E-state index is 0.0865. The molecule has 1 N–H and O–H groups in total. The molecule has 0 aliphatic heterocycles. The predicted molar refractivity (Wildman–Crippen MR) is 79.0 cm³/mol. The molecule has 0 heterocycles. The highest BCUT2D eigenvalue weighted by atomic mass is 16.5. The van der Waals surface area contributed by atoms with Crippen LogP contribution < -0.4 is 5.32 Å². The van der Waals surface area contributed by atoms with E-state index in [0.717, 1.165) is 12.5 Å². The van der Waals surface area contributed by atoms with Crippen molar-refractivity contribution in [2.24, 2.45) is 5.92 Å². The summed E-state index contributed by atoms with van der Waals surface area (Å²) >= 11 is 0. The third-order valence-corrected chi connectivity index (χ3v) is 4.87. The molecule has 18 heavy (non-hydrogen) atoms. The minimum Gasteiger partial charge on any atom is -0.377 e. The highest BCUT2D eigenvalue weighted by Crippen LogP contribution is 2.37. The van der Waals surface area contributed by atoms with Crippen molar-refractivity contribution in [2.75, 3.05) is 13.7 Å². The molecule has 0 radical (unpaired) electrons. The van der Waals surface area contributed by atoms with E-state index >= 15 is 0 Å². The molecule has 0 bridgehead atoms. The van der Waals surface area contributed by atoms with E-state index in [1.165, 1.54) is 51.4 Å². The average molecular weight is 255 g/mol. The molecule has 0 aromatic heterocycles. The van der Waals surface area contributed by atoms with E-state index in [4.69, 9.17) is 4.74 Å². The first-order chi connectivity index (χ1) is 8.74. The minimum absolute atomic E-state index is 0.0865. The summed E-state index contributed by atoms with van der Waals surface area (Å²) in [5.41, 5.74) is 0.0865. The maximum atomic E-state index is 6.10. The van der Waals surface area contributed by atoms with Gasteiger partial charge in [0.2, 0.25) is 0 Å². The highest BCUT2D eigenvalue weighted by Gasteiger charge is 2.41. The van der Waals surface area contributed by atoms with E-state index in [-0.39, 0.29) is 5.60 Å². The fourth-order valence-electron chi connectivity index (χ4n) is 3.73. The van der Waals surface area contributed by atoms with Gasteiger partial charge in [0.25, 0.3) is 0 Å². The van der Waals surface area contributed by atoms with Gasteiger partial charge in [0.1, 0.15) is 0 Å². The van der Waals surface area contributed by atoms with Crippen LogP contribution in [0.5, 0.6) is 0 Å². The van der Waals surface area contributed by atoms with E-state index in [2.05, 4.69) is 26.1 Å². The Morgan fingerprint density at radius 3 is 1.94 bits per heavy atom. The van der Waals surface area contributed by atoms with Gasteiger partial charge in [-0.2, -0.15) is 0 Å². The molecule has 2 heteroatoms. The predicted octanol–water partition coefficient (Wildman–Crippen LogP) is 4.14. The van der Waals surface area contributed by atoms with Crippen molar-refractivity contribution in [3.8, 4) is 0 Å². The average Bonchev–Trinajstić information content (AvgIpc) is 2.65. The first-order valence-corrected chi connectivity index (χ1v) is 8.02. The van der Waals surface area contributed by atoms with E-state index in [9.17, 15) is 0 Å². The normalized spacial score (nSPS) is 21.8. The largest absolute Gasteiger partial charge is 0.377 e. The second kappa shape index (κ2) is 8.16. The van der Waals surface area contributed by atoms with Gasteiger partial charge in [-0.1, -0.05) is 59.3 Å². The fourth-order valence-corrected chi connectivity index (χ4v) is 3.73. The van der Waals surface area contributed by atoms with Crippen molar-refractivity contribution in [1.82, 2.24) is 5.32 Å². The number of rotatable bonds is 7. The van der Waals surface area contributed by atoms with Crippen LogP contribution in [0.25, 0.3) is 0 Å². The van der Waals surface area contributed by atoms with E-state index < -0.39 is 0 Å². The van der Waals surface area contributed by atoms with Gasteiger partial charge in [-0.15, -0.1) is 0 Å². The van der Waals surface area contributed by atoms with Gasteiger partial charge < -0.3 is 10.1 Å². The van der Waals surface area contributed by atoms with Gasteiger partial charge in [-0.25, -0.2) is 0 Å². The molecular weight excluding hydrogens is 222 g/mol. The molecule has 1 aliphatic rings. The number of nitrogens with one attached hydrogen (secondary N) is 1. The smallest absolute Gasteiger partial charge is 0.0833 e. The number of ether oxygens (including phenoxy) is 1. The third kappa shape index (κ3) is 3.71. The molecule has 0 saturated heterocycles. The van der Waals surface area contributed by atoms with E-state index in [1.54, 1.807) is 0 Å². The van der Waals surface area contributed by atoms with Gasteiger partial charge in [-0.05, 0) is 25.3 Å². The van der Waals surface area contributed by atoms with Gasteiger partial charge in [0.05, 0.1) is 5.60 Å². The van der Waals surface area contributed by atoms with Crippen molar-refractivity contribution < 1.29 is 4.74 Å². The molecule has 1 atom stereocenters. The van der Waals surface area contributed by atoms with Crippen LogP contribution in [0.3, 0.4) is 0 Å². The number of hydrogen-bond donors (Lipinski definition) is 1. The molecule has 1 saturated carbocycles. The zero-order valence-corrected chi connectivity index (χ0v) is 12.9. The standard InChI is InChI=1S/C16H33NO/c1-5-14(6-2)15(17-7-3)16(18-4)12-10-8-9-11-13-16/h14-15,17H,5-13H2,1-4H3. The van der Waals surface area contributed by atoms with Crippen LogP contribution in [0.15, 0.2) is 0 Å². The van der Waals surface area contributed by atoms with Gasteiger partial charge in [0, 0.05) is 13.2 Å². The summed E-state index contributed by atoms with van der Waals surface area (Å²) in [6.07, 6.45) is 10.4. The number of hydrogen-bond acceptors (Lipinski definition) is 2. The SMILES string of the molecule is CCNC(C(CC)CC)C1(OC)CCCCCC1. The molecule has 1 fully saturated rings. The Balaban J connectivity index is 2.89. The maximum absolute atomic E-state index is 6.10. The number of methoxy groups -OCH3 is 1. The Labute approximate surface area is 114 Å². The van der Waals surface area contributed by atoms with Gasteiger partial charge in [-0.3, -0.25) is 0 Å². The Kier molecular flexibility index (Phi) is 7.25.